The van der Waals surface area contributed by atoms with Crippen LogP contribution < -0.4 is 4.74 Å². The lowest BCUT2D eigenvalue weighted by Gasteiger charge is -2.09. The van der Waals surface area contributed by atoms with Crippen LogP contribution in [0.2, 0.25) is 5.02 Å². The Morgan fingerprint density at radius 2 is 2.23 bits per heavy atom. The van der Waals surface area contributed by atoms with Crippen molar-refractivity contribution in [1.29, 1.82) is 5.26 Å². The van der Waals surface area contributed by atoms with E-state index in [-0.39, 0.29) is 5.92 Å². The lowest BCUT2D eigenvalue weighted by atomic mass is 10.0. The van der Waals surface area contributed by atoms with Crippen molar-refractivity contribution in [2.24, 2.45) is 0 Å². The van der Waals surface area contributed by atoms with Gasteiger partial charge >= 0.3 is 0 Å². The molecule has 1 atom stereocenters. The summed E-state index contributed by atoms with van der Waals surface area (Å²) in [6.07, 6.45) is 0. The highest BCUT2D eigenvalue weighted by Gasteiger charge is 2.10. The van der Waals surface area contributed by atoms with E-state index in [2.05, 4.69) is 6.07 Å². The third-order valence-corrected chi connectivity index (χ3v) is 2.09. The van der Waals surface area contributed by atoms with Crippen LogP contribution in [0.5, 0.6) is 5.75 Å². The Labute approximate surface area is 82.7 Å². The molecule has 0 spiro atoms. The predicted molar refractivity (Wildman–Crippen MR) is 52.0 cm³/mol. The van der Waals surface area contributed by atoms with E-state index in [0.29, 0.717) is 10.8 Å². The molecule has 0 aromatic heterocycles. The molecule has 0 fully saturated rings. The number of nitrogens with zero attached hydrogens (tertiary/aromatic N) is 1. The van der Waals surface area contributed by atoms with Gasteiger partial charge in [-0.3, -0.25) is 0 Å². The maximum absolute atomic E-state index is 8.74. The largest absolute Gasteiger partial charge is 0.496 e. The zero-order valence-electron chi connectivity index (χ0n) is 7.54. The van der Waals surface area contributed by atoms with E-state index in [1.54, 1.807) is 19.2 Å². The van der Waals surface area contributed by atoms with Crippen molar-refractivity contribution in [1.82, 2.24) is 0 Å². The Morgan fingerprint density at radius 3 is 2.77 bits per heavy atom. The van der Waals surface area contributed by atoms with Crippen molar-refractivity contribution in [3.05, 3.63) is 28.8 Å². The summed E-state index contributed by atoms with van der Waals surface area (Å²) in [7, 11) is 1.57. The number of benzene rings is 1. The zero-order chi connectivity index (χ0) is 9.84. The molecule has 0 aliphatic heterocycles. The molecule has 0 aliphatic carbocycles. The molecule has 1 aromatic rings. The van der Waals surface area contributed by atoms with Crippen LogP contribution in [-0.2, 0) is 0 Å². The number of nitriles is 1. The highest BCUT2D eigenvalue weighted by molar-refractivity contribution is 6.30. The third kappa shape index (κ3) is 2.13. The number of ether oxygens (including phenoxy) is 1. The zero-order valence-corrected chi connectivity index (χ0v) is 8.30. The third-order valence-electron chi connectivity index (χ3n) is 1.86. The minimum Gasteiger partial charge on any atom is -0.496 e. The molecule has 0 aliphatic rings. The molecule has 68 valence electrons. The van der Waals surface area contributed by atoms with Crippen LogP contribution in [0.1, 0.15) is 18.4 Å². The second-order valence-corrected chi connectivity index (χ2v) is 3.17. The van der Waals surface area contributed by atoms with Gasteiger partial charge in [0, 0.05) is 10.6 Å². The van der Waals surface area contributed by atoms with Crippen LogP contribution in [-0.4, -0.2) is 7.11 Å². The van der Waals surface area contributed by atoms with Gasteiger partial charge in [-0.1, -0.05) is 17.7 Å². The first-order chi connectivity index (χ1) is 6.19. The Kier molecular flexibility index (Phi) is 3.16. The van der Waals surface area contributed by atoms with Gasteiger partial charge in [0.15, 0.2) is 0 Å². The molecule has 0 amide bonds. The van der Waals surface area contributed by atoms with Crippen molar-refractivity contribution < 1.29 is 4.74 Å². The predicted octanol–water partition coefficient (Wildman–Crippen LogP) is 2.98. The minimum atomic E-state index is -0.174. The summed E-state index contributed by atoms with van der Waals surface area (Å²) in [5.74, 6) is 0.494. The first kappa shape index (κ1) is 9.88. The summed E-state index contributed by atoms with van der Waals surface area (Å²) in [6.45, 7) is 1.83. The van der Waals surface area contributed by atoms with Crippen molar-refractivity contribution in [2.75, 3.05) is 7.11 Å². The number of halogens is 1. The lowest BCUT2D eigenvalue weighted by Crippen LogP contribution is -1.94. The molecule has 0 saturated heterocycles. The van der Waals surface area contributed by atoms with Crippen molar-refractivity contribution in [2.45, 2.75) is 12.8 Å². The Balaban J connectivity index is 3.15. The van der Waals surface area contributed by atoms with Gasteiger partial charge in [-0.2, -0.15) is 5.26 Å². The SMILES string of the molecule is COc1cc(Cl)ccc1C(C)C#N. The Hall–Kier alpha value is -1.20. The second-order valence-electron chi connectivity index (χ2n) is 2.74. The standard InChI is InChI=1S/C10H10ClNO/c1-7(6-12)9-4-3-8(11)5-10(9)13-2/h3-5,7H,1-2H3. The average molecular weight is 196 g/mol. The molecule has 0 radical (unpaired) electrons. The average Bonchev–Trinajstić information content (AvgIpc) is 2.16. The number of rotatable bonds is 2. The highest BCUT2D eigenvalue weighted by Crippen LogP contribution is 2.28. The van der Waals surface area contributed by atoms with Gasteiger partial charge in [-0.25, -0.2) is 0 Å². The van der Waals surface area contributed by atoms with Gasteiger partial charge in [0.05, 0.1) is 19.1 Å². The number of hydrogen-bond acceptors (Lipinski definition) is 2. The molecule has 0 saturated carbocycles. The van der Waals surface area contributed by atoms with E-state index >= 15 is 0 Å². The smallest absolute Gasteiger partial charge is 0.124 e. The van der Waals surface area contributed by atoms with Gasteiger partial charge in [-0.15, -0.1) is 0 Å². The fraction of sp³-hybridized carbons (Fsp3) is 0.300. The molecule has 13 heavy (non-hydrogen) atoms. The first-order valence-corrected chi connectivity index (χ1v) is 4.30. The van der Waals surface area contributed by atoms with Gasteiger partial charge in [0.25, 0.3) is 0 Å². The maximum atomic E-state index is 8.74. The van der Waals surface area contributed by atoms with Crippen molar-refractivity contribution in [3.8, 4) is 11.8 Å². The van der Waals surface area contributed by atoms with Gasteiger partial charge in [-0.05, 0) is 19.1 Å². The molecule has 3 heteroatoms. The van der Waals surface area contributed by atoms with E-state index in [1.807, 2.05) is 13.0 Å². The van der Waals surface area contributed by atoms with E-state index in [1.165, 1.54) is 0 Å². The minimum absolute atomic E-state index is 0.174. The topological polar surface area (TPSA) is 33.0 Å². The van der Waals surface area contributed by atoms with Crippen molar-refractivity contribution in [3.63, 3.8) is 0 Å². The molecule has 1 aromatic carbocycles. The monoisotopic (exact) mass is 195 g/mol. The molecular formula is C10H10ClNO. The quantitative estimate of drug-likeness (QED) is 0.727. The highest BCUT2D eigenvalue weighted by atomic mass is 35.5. The number of hydrogen-bond donors (Lipinski definition) is 0. The van der Waals surface area contributed by atoms with E-state index < -0.39 is 0 Å². The fourth-order valence-electron chi connectivity index (χ4n) is 1.11. The van der Waals surface area contributed by atoms with Crippen LogP contribution in [0.25, 0.3) is 0 Å². The normalized spacial score (nSPS) is 11.8. The fourth-order valence-corrected chi connectivity index (χ4v) is 1.27. The number of methoxy groups -OCH3 is 1. The van der Waals surface area contributed by atoms with Gasteiger partial charge in [0.2, 0.25) is 0 Å². The van der Waals surface area contributed by atoms with E-state index in [9.17, 15) is 0 Å². The molecule has 0 bridgehead atoms. The summed E-state index contributed by atoms with van der Waals surface area (Å²) >= 11 is 5.78. The van der Waals surface area contributed by atoms with Crippen LogP contribution in [0.4, 0.5) is 0 Å². The molecule has 0 N–H and O–H groups in total. The summed E-state index contributed by atoms with van der Waals surface area (Å²) in [6, 6.07) is 7.44. The maximum Gasteiger partial charge on any atom is 0.124 e. The molecular weight excluding hydrogens is 186 g/mol. The van der Waals surface area contributed by atoms with Gasteiger partial charge in [0.1, 0.15) is 5.75 Å². The van der Waals surface area contributed by atoms with Crippen molar-refractivity contribution >= 4 is 11.6 Å². The van der Waals surface area contributed by atoms with Crippen LogP contribution in [0.15, 0.2) is 18.2 Å². The molecule has 1 rings (SSSR count). The summed E-state index contributed by atoms with van der Waals surface area (Å²) in [4.78, 5) is 0. The Bertz CT molecular complexity index is 343. The molecule has 1 unspecified atom stereocenters. The molecule has 2 nitrogen and oxygen atoms in total. The van der Waals surface area contributed by atoms with E-state index in [0.717, 1.165) is 5.56 Å². The lowest BCUT2D eigenvalue weighted by molar-refractivity contribution is 0.409. The summed E-state index contributed by atoms with van der Waals surface area (Å²) < 4.78 is 5.11. The summed E-state index contributed by atoms with van der Waals surface area (Å²) in [5, 5.41) is 9.36. The van der Waals surface area contributed by atoms with Crippen LogP contribution in [0.3, 0.4) is 0 Å². The summed E-state index contributed by atoms with van der Waals surface area (Å²) in [5.41, 5.74) is 0.870. The van der Waals surface area contributed by atoms with Gasteiger partial charge < -0.3 is 4.74 Å². The molecule has 0 heterocycles. The van der Waals surface area contributed by atoms with Crippen LogP contribution >= 0.6 is 11.6 Å². The Morgan fingerprint density at radius 1 is 1.54 bits per heavy atom. The van der Waals surface area contributed by atoms with E-state index in [4.69, 9.17) is 21.6 Å². The second kappa shape index (κ2) is 4.15. The first-order valence-electron chi connectivity index (χ1n) is 3.92. The van der Waals surface area contributed by atoms with Crippen LogP contribution in [0, 0.1) is 11.3 Å².